The van der Waals surface area contributed by atoms with Crippen molar-refractivity contribution >= 4 is 33.6 Å². The smallest absolute Gasteiger partial charge is 0.410 e. The normalized spacial score (nSPS) is 32.6. The van der Waals surface area contributed by atoms with Crippen LogP contribution in [0.2, 0.25) is 0 Å². The average Bonchev–Trinajstić information content (AvgIpc) is 2.72. The van der Waals surface area contributed by atoms with Gasteiger partial charge in [-0.1, -0.05) is 15.9 Å². The number of alkyl halides is 2. The highest BCUT2D eigenvalue weighted by Gasteiger charge is 2.38. The first kappa shape index (κ1) is 19.9. The maximum Gasteiger partial charge on any atom is 0.410 e. The molecule has 6 nitrogen and oxygen atoms in total. The van der Waals surface area contributed by atoms with E-state index < -0.39 is 5.60 Å². The molecule has 1 saturated carbocycles. The Morgan fingerprint density at radius 1 is 1.27 bits per heavy atom. The molecule has 0 aromatic heterocycles. The van der Waals surface area contributed by atoms with Gasteiger partial charge in [-0.15, -0.1) is 11.6 Å². The Morgan fingerprint density at radius 2 is 1.96 bits per heavy atom. The van der Waals surface area contributed by atoms with Gasteiger partial charge in [0.15, 0.2) is 0 Å². The minimum Gasteiger partial charge on any atom is -0.444 e. The molecule has 2 fully saturated rings. The maximum atomic E-state index is 12.3. The molecular formula is C18H28BrClN4O2. The van der Waals surface area contributed by atoms with Crippen LogP contribution in [0.5, 0.6) is 0 Å². The topological polar surface area (TPSA) is 57.5 Å². The summed E-state index contributed by atoms with van der Waals surface area (Å²) in [6, 6.07) is 0.187. The largest absolute Gasteiger partial charge is 0.444 e. The van der Waals surface area contributed by atoms with Crippen LogP contribution in [0.3, 0.4) is 0 Å². The van der Waals surface area contributed by atoms with Crippen LogP contribution < -0.4 is 0 Å². The molecule has 1 amide bonds. The number of nitrogens with zero attached hydrogens (tertiary/aromatic N) is 4. The lowest BCUT2D eigenvalue weighted by Crippen LogP contribution is -2.50. The van der Waals surface area contributed by atoms with Crippen molar-refractivity contribution in [3.8, 4) is 0 Å². The van der Waals surface area contributed by atoms with E-state index in [0.717, 1.165) is 32.4 Å². The Hall–Kier alpha value is -0.820. The van der Waals surface area contributed by atoms with E-state index in [1.807, 2.05) is 27.0 Å². The Balaban J connectivity index is 1.61. The predicted molar refractivity (Wildman–Crippen MR) is 106 cm³/mol. The number of carbonyl (C=O) groups excluding carboxylic acids is 1. The number of ether oxygens (including phenoxy) is 1. The summed E-state index contributed by atoms with van der Waals surface area (Å²) in [6.45, 7) is 8.61. The fraction of sp³-hybridized carbons (Fsp3) is 0.833. The number of halogens is 2. The minimum atomic E-state index is -0.460. The van der Waals surface area contributed by atoms with Crippen LogP contribution in [0.15, 0.2) is 22.1 Å². The molecule has 1 saturated heterocycles. The van der Waals surface area contributed by atoms with Gasteiger partial charge in [-0.3, -0.25) is 0 Å². The second-order valence-corrected chi connectivity index (χ2v) is 9.99. The third-order valence-electron chi connectivity index (χ3n) is 5.16. The van der Waals surface area contributed by atoms with Crippen molar-refractivity contribution in [1.29, 1.82) is 0 Å². The lowest BCUT2D eigenvalue weighted by Gasteiger charge is -2.41. The van der Waals surface area contributed by atoms with Gasteiger partial charge in [0.05, 0.1) is 12.2 Å². The standard InChI is InChI=1S/C18H28BrClN4O2/c1-18(2,3)26-17(25)24-8-6-23(7-9-24)16-11-21-22-15-10-13(19)14(20)5-4-12(15)16/h11-15H,4-10H2,1-3H3. The van der Waals surface area contributed by atoms with Crippen LogP contribution in [0.1, 0.15) is 40.0 Å². The molecule has 0 spiro atoms. The summed E-state index contributed by atoms with van der Waals surface area (Å²) in [5.74, 6) is 0.365. The molecule has 146 valence electrons. The number of rotatable bonds is 1. The van der Waals surface area contributed by atoms with Crippen LogP contribution in [0.4, 0.5) is 4.79 Å². The third kappa shape index (κ3) is 4.71. The molecule has 3 aliphatic rings. The van der Waals surface area contributed by atoms with Gasteiger partial charge < -0.3 is 14.5 Å². The van der Waals surface area contributed by atoms with Crippen molar-refractivity contribution in [3.05, 3.63) is 11.9 Å². The first-order valence-electron chi connectivity index (χ1n) is 9.35. The minimum absolute atomic E-state index is 0.140. The van der Waals surface area contributed by atoms with Crippen molar-refractivity contribution in [1.82, 2.24) is 9.80 Å². The summed E-state index contributed by atoms with van der Waals surface area (Å²) in [4.78, 5) is 16.7. The van der Waals surface area contributed by atoms with Gasteiger partial charge >= 0.3 is 6.09 Å². The first-order chi connectivity index (χ1) is 12.2. The van der Waals surface area contributed by atoms with E-state index in [-0.39, 0.29) is 22.3 Å². The summed E-state index contributed by atoms with van der Waals surface area (Å²) < 4.78 is 5.48. The van der Waals surface area contributed by atoms with Gasteiger partial charge in [0.2, 0.25) is 0 Å². The lowest BCUT2D eigenvalue weighted by molar-refractivity contribution is 0.0159. The highest BCUT2D eigenvalue weighted by molar-refractivity contribution is 9.09. The summed E-state index contributed by atoms with van der Waals surface area (Å²) in [5, 5.41) is 8.89. The maximum absolute atomic E-state index is 12.3. The molecule has 4 atom stereocenters. The molecule has 0 radical (unpaired) electrons. The van der Waals surface area contributed by atoms with Crippen molar-refractivity contribution in [3.63, 3.8) is 0 Å². The van der Waals surface area contributed by atoms with E-state index in [1.54, 1.807) is 4.90 Å². The third-order valence-corrected chi connectivity index (χ3v) is 7.00. The van der Waals surface area contributed by atoms with Crippen LogP contribution in [0, 0.1) is 5.92 Å². The number of hydrogen-bond acceptors (Lipinski definition) is 5. The Morgan fingerprint density at radius 3 is 2.62 bits per heavy atom. The van der Waals surface area contributed by atoms with Crippen LogP contribution >= 0.6 is 27.5 Å². The molecule has 0 aromatic carbocycles. The van der Waals surface area contributed by atoms with Gasteiger partial charge in [-0.05, 0) is 40.0 Å². The molecule has 2 heterocycles. The van der Waals surface area contributed by atoms with Gasteiger partial charge in [0.1, 0.15) is 5.60 Å². The molecule has 8 heteroatoms. The fourth-order valence-electron chi connectivity index (χ4n) is 3.79. The zero-order valence-electron chi connectivity index (χ0n) is 15.7. The Labute approximate surface area is 169 Å². The highest BCUT2D eigenvalue weighted by atomic mass is 79.9. The summed E-state index contributed by atoms with van der Waals surface area (Å²) in [5.41, 5.74) is 0.789. The van der Waals surface area contributed by atoms with E-state index >= 15 is 0 Å². The highest BCUT2D eigenvalue weighted by Crippen LogP contribution is 2.39. The van der Waals surface area contributed by atoms with Crippen molar-refractivity contribution in [2.24, 2.45) is 16.1 Å². The van der Waals surface area contributed by atoms with Crippen molar-refractivity contribution < 1.29 is 9.53 Å². The van der Waals surface area contributed by atoms with Gasteiger partial charge in [0.25, 0.3) is 0 Å². The van der Waals surface area contributed by atoms with Crippen LogP contribution in [-0.4, -0.2) is 63.9 Å². The molecule has 0 bridgehead atoms. The molecule has 0 N–H and O–H groups in total. The van der Waals surface area contributed by atoms with Gasteiger partial charge in [-0.2, -0.15) is 10.2 Å². The Kier molecular flexibility index (Phi) is 6.17. The number of azo groups is 1. The molecule has 26 heavy (non-hydrogen) atoms. The van der Waals surface area contributed by atoms with Crippen molar-refractivity contribution in [2.45, 2.75) is 61.9 Å². The zero-order valence-corrected chi connectivity index (χ0v) is 18.0. The molecule has 2 aliphatic heterocycles. The number of hydrogen-bond donors (Lipinski definition) is 0. The zero-order chi connectivity index (χ0) is 18.9. The quantitative estimate of drug-likeness (QED) is 0.560. The van der Waals surface area contributed by atoms with Crippen LogP contribution in [-0.2, 0) is 4.74 Å². The van der Waals surface area contributed by atoms with Gasteiger partial charge in [-0.25, -0.2) is 4.79 Å². The molecular weight excluding hydrogens is 420 g/mol. The molecule has 4 unspecified atom stereocenters. The lowest BCUT2D eigenvalue weighted by atomic mass is 9.90. The van der Waals surface area contributed by atoms with E-state index in [0.29, 0.717) is 19.0 Å². The monoisotopic (exact) mass is 446 g/mol. The van der Waals surface area contributed by atoms with Crippen LogP contribution in [0.25, 0.3) is 0 Å². The molecule has 3 rings (SSSR count). The SMILES string of the molecule is CC(C)(C)OC(=O)N1CCN(C2=CN=NC3CC(Br)C(Cl)CCC23)CC1. The molecule has 1 aliphatic carbocycles. The predicted octanol–water partition coefficient (Wildman–Crippen LogP) is 4.39. The van der Waals surface area contributed by atoms with E-state index in [4.69, 9.17) is 16.3 Å². The Bertz CT molecular complexity index is 584. The van der Waals surface area contributed by atoms with Gasteiger partial charge in [0, 0.05) is 48.0 Å². The summed E-state index contributed by atoms with van der Waals surface area (Å²) in [6.07, 6.45) is 4.59. The number of amides is 1. The first-order valence-corrected chi connectivity index (χ1v) is 10.7. The fourth-order valence-corrected chi connectivity index (χ4v) is 4.67. The second kappa shape index (κ2) is 8.05. The van der Waals surface area contributed by atoms with E-state index in [2.05, 4.69) is 31.1 Å². The average molecular weight is 448 g/mol. The van der Waals surface area contributed by atoms with E-state index in [9.17, 15) is 4.79 Å². The molecule has 0 aromatic rings. The van der Waals surface area contributed by atoms with E-state index in [1.165, 1.54) is 5.70 Å². The number of piperazine rings is 1. The number of fused-ring (bicyclic) bond motifs is 1. The summed E-state index contributed by atoms with van der Waals surface area (Å²) in [7, 11) is 0. The number of carbonyl (C=O) groups is 1. The van der Waals surface area contributed by atoms with Crippen molar-refractivity contribution in [2.75, 3.05) is 26.2 Å². The second-order valence-electron chi connectivity index (χ2n) is 8.26. The summed E-state index contributed by atoms with van der Waals surface area (Å²) >= 11 is 10.2.